The number of morpholine rings is 1. The molecule has 0 saturated carbocycles. The summed E-state index contributed by atoms with van der Waals surface area (Å²) in [4.78, 5) is 29.8. The standard InChI is InChI=1S/C26H30F2N4O3/c1-2-25(33)31(12-11-30-13-15-35-16-14-30)18-26(34)32-24(21-5-3-4-6-22(21)28)17-23(29-32)19-7-9-20(27)10-8-19/h3-10,24H,2,11-18H2,1H3/t24-/m1/s1. The fourth-order valence-corrected chi connectivity index (χ4v) is 4.38. The smallest absolute Gasteiger partial charge is 0.262 e. The molecule has 186 valence electrons. The number of carbonyl (C=O) groups is 2. The Morgan fingerprint density at radius 3 is 2.49 bits per heavy atom. The molecule has 35 heavy (non-hydrogen) atoms. The van der Waals surface area contributed by atoms with Crippen molar-refractivity contribution in [3.05, 3.63) is 71.3 Å². The van der Waals surface area contributed by atoms with Gasteiger partial charge in [0.05, 0.1) is 25.0 Å². The van der Waals surface area contributed by atoms with Crippen LogP contribution >= 0.6 is 0 Å². The third-order valence-electron chi connectivity index (χ3n) is 6.38. The summed E-state index contributed by atoms with van der Waals surface area (Å²) in [5.41, 5.74) is 1.58. The Morgan fingerprint density at radius 1 is 1.09 bits per heavy atom. The molecule has 0 aromatic heterocycles. The van der Waals surface area contributed by atoms with Crippen molar-refractivity contribution in [1.82, 2.24) is 14.8 Å². The van der Waals surface area contributed by atoms with Gasteiger partial charge in [-0.3, -0.25) is 14.5 Å². The van der Waals surface area contributed by atoms with E-state index < -0.39 is 11.9 Å². The monoisotopic (exact) mass is 484 g/mol. The number of amides is 2. The van der Waals surface area contributed by atoms with Crippen LogP contribution in [0.4, 0.5) is 8.78 Å². The van der Waals surface area contributed by atoms with Gasteiger partial charge in [0.1, 0.15) is 18.2 Å². The first-order chi connectivity index (χ1) is 17.0. The van der Waals surface area contributed by atoms with Gasteiger partial charge in [0.25, 0.3) is 5.91 Å². The number of ether oxygens (including phenoxy) is 1. The number of benzene rings is 2. The van der Waals surface area contributed by atoms with Crippen LogP contribution in [0, 0.1) is 11.6 Å². The van der Waals surface area contributed by atoms with Gasteiger partial charge >= 0.3 is 0 Å². The minimum atomic E-state index is -0.651. The van der Waals surface area contributed by atoms with E-state index in [-0.39, 0.29) is 37.0 Å². The molecule has 1 atom stereocenters. The van der Waals surface area contributed by atoms with Crippen molar-refractivity contribution in [1.29, 1.82) is 0 Å². The highest BCUT2D eigenvalue weighted by molar-refractivity contribution is 6.03. The molecular weight excluding hydrogens is 454 g/mol. The lowest BCUT2D eigenvalue weighted by molar-refractivity contribution is -0.141. The number of carbonyl (C=O) groups excluding carboxylic acids is 2. The van der Waals surface area contributed by atoms with Crippen molar-refractivity contribution in [2.24, 2.45) is 5.10 Å². The molecule has 2 amide bonds. The van der Waals surface area contributed by atoms with Crippen molar-refractivity contribution in [3.8, 4) is 0 Å². The first-order valence-electron chi connectivity index (χ1n) is 11.9. The molecule has 2 aromatic carbocycles. The van der Waals surface area contributed by atoms with Crippen LogP contribution in [-0.4, -0.2) is 78.3 Å². The lowest BCUT2D eigenvalue weighted by Gasteiger charge is -2.31. The van der Waals surface area contributed by atoms with Gasteiger partial charge in [0.15, 0.2) is 0 Å². The van der Waals surface area contributed by atoms with Crippen LogP contribution in [0.25, 0.3) is 0 Å². The van der Waals surface area contributed by atoms with Crippen molar-refractivity contribution in [2.75, 3.05) is 45.9 Å². The number of rotatable bonds is 8. The molecule has 2 aromatic rings. The molecule has 0 unspecified atom stereocenters. The highest BCUT2D eigenvalue weighted by Crippen LogP contribution is 2.34. The van der Waals surface area contributed by atoms with Gasteiger partial charge in [-0.05, 0) is 23.8 Å². The summed E-state index contributed by atoms with van der Waals surface area (Å²) in [6, 6.07) is 11.5. The second kappa shape index (κ2) is 11.5. The molecule has 0 aliphatic carbocycles. The molecule has 0 N–H and O–H groups in total. The molecule has 4 rings (SSSR count). The number of halogens is 2. The summed E-state index contributed by atoms with van der Waals surface area (Å²) in [6.45, 7) is 5.54. The summed E-state index contributed by atoms with van der Waals surface area (Å²) in [6.07, 6.45) is 0.561. The summed E-state index contributed by atoms with van der Waals surface area (Å²) >= 11 is 0. The molecule has 9 heteroatoms. The van der Waals surface area contributed by atoms with Gasteiger partial charge in [-0.1, -0.05) is 37.3 Å². The number of nitrogens with zero attached hydrogens (tertiary/aromatic N) is 4. The fraction of sp³-hybridized carbons (Fsp3) is 0.423. The van der Waals surface area contributed by atoms with Gasteiger partial charge in [0, 0.05) is 44.6 Å². The predicted molar refractivity (Wildman–Crippen MR) is 128 cm³/mol. The lowest BCUT2D eigenvalue weighted by Crippen LogP contribution is -2.46. The zero-order valence-corrected chi connectivity index (χ0v) is 19.8. The largest absolute Gasteiger partial charge is 0.379 e. The van der Waals surface area contributed by atoms with E-state index >= 15 is 0 Å². The van der Waals surface area contributed by atoms with E-state index in [9.17, 15) is 18.4 Å². The quantitative estimate of drug-likeness (QED) is 0.577. The van der Waals surface area contributed by atoms with E-state index in [1.54, 1.807) is 42.2 Å². The van der Waals surface area contributed by atoms with Gasteiger partial charge in [-0.25, -0.2) is 13.8 Å². The first-order valence-corrected chi connectivity index (χ1v) is 11.9. The Labute approximate surface area is 203 Å². The van der Waals surface area contributed by atoms with E-state index in [0.717, 1.165) is 13.1 Å². The molecule has 2 aliphatic heterocycles. The van der Waals surface area contributed by atoms with Crippen LogP contribution < -0.4 is 0 Å². The van der Waals surface area contributed by atoms with Crippen molar-refractivity contribution in [3.63, 3.8) is 0 Å². The highest BCUT2D eigenvalue weighted by atomic mass is 19.1. The maximum atomic E-state index is 14.7. The molecule has 1 saturated heterocycles. The Hall–Kier alpha value is -3.17. The SMILES string of the molecule is CCC(=O)N(CCN1CCOCC1)CC(=O)N1N=C(c2ccc(F)cc2)C[C@@H]1c1ccccc1F. The third-order valence-corrected chi connectivity index (χ3v) is 6.38. The summed E-state index contributed by atoms with van der Waals surface area (Å²) < 4.78 is 33.5. The van der Waals surface area contributed by atoms with Gasteiger partial charge in [-0.2, -0.15) is 5.10 Å². The zero-order valence-electron chi connectivity index (χ0n) is 19.8. The predicted octanol–water partition coefficient (Wildman–Crippen LogP) is 3.21. The molecule has 0 bridgehead atoms. The van der Waals surface area contributed by atoms with Crippen LogP contribution in [0.2, 0.25) is 0 Å². The van der Waals surface area contributed by atoms with Crippen molar-refractivity contribution in [2.45, 2.75) is 25.8 Å². The molecule has 0 radical (unpaired) electrons. The Bertz CT molecular complexity index is 1070. The van der Waals surface area contributed by atoms with Crippen LogP contribution in [0.1, 0.15) is 36.9 Å². The topological polar surface area (TPSA) is 65.5 Å². The molecule has 0 spiro atoms. The Balaban J connectivity index is 1.55. The van der Waals surface area contributed by atoms with Gasteiger partial charge in [-0.15, -0.1) is 0 Å². The normalized spacial score (nSPS) is 18.4. The number of hydrazone groups is 1. The van der Waals surface area contributed by atoms with Crippen LogP contribution in [-0.2, 0) is 14.3 Å². The van der Waals surface area contributed by atoms with Crippen LogP contribution in [0.5, 0.6) is 0 Å². The second-order valence-corrected chi connectivity index (χ2v) is 8.66. The van der Waals surface area contributed by atoms with E-state index in [4.69, 9.17) is 4.74 Å². The average Bonchev–Trinajstić information content (AvgIpc) is 3.32. The maximum Gasteiger partial charge on any atom is 0.262 e. The van der Waals surface area contributed by atoms with Gasteiger partial charge < -0.3 is 9.64 Å². The number of hydrogen-bond acceptors (Lipinski definition) is 5. The summed E-state index contributed by atoms with van der Waals surface area (Å²) in [5, 5.41) is 5.80. The van der Waals surface area contributed by atoms with E-state index in [1.807, 2.05) is 0 Å². The van der Waals surface area contributed by atoms with E-state index in [2.05, 4.69) is 10.0 Å². The Morgan fingerprint density at radius 2 is 1.80 bits per heavy atom. The maximum absolute atomic E-state index is 14.7. The third kappa shape index (κ3) is 6.10. The van der Waals surface area contributed by atoms with Gasteiger partial charge in [0.2, 0.25) is 5.91 Å². The minimum absolute atomic E-state index is 0.129. The van der Waals surface area contributed by atoms with Crippen LogP contribution in [0.3, 0.4) is 0 Å². The molecule has 7 nitrogen and oxygen atoms in total. The Kier molecular flexibility index (Phi) is 8.20. The molecule has 1 fully saturated rings. The second-order valence-electron chi connectivity index (χ2n) is 8.66. The summed E-state index contributed by atoms with van der Waals surface area (Å²) in [5.74, 6) is -1.32. The van der Waals surface area contributed by atoms with E-state index in [1.165, 1.54) is 23.2 Å². The fourth-order valence-electron chi connectivity index (χ4n) is 4.38. The van der Waals surface area contributed by atoms with Crippen LogP contribution in [0.15, 0.2) is 53.6 Å². The molecular formula is C26H30F2N4O3. The average molecular weight is 485 g/mol. The zero-order chi connectivity index (χ0) is 24.8. The summed E-state index contributed by atoms with van der Waals surface area (Å²) in [7, 11) is 0. The molecule has 2 aliphatic rings. The number of hydrogen-bond donors (Lipinski definition) is 0. The van der Waals surface area contributed by atoms with Crippen molar-refractivity contribution >= 4 is 17.5 Å². The highest BCUT2D eigenvalue weighted by Gasteiger charge is 2.35. The van der Waals surface area contributed by atoms with E-state index in [0.29, 0.717) is 43.1 Å². The minimum Gasteiger partial charge on any atom is -0.379 e. The molecule has 2 heterocycles. The first kappa shape index (κ1) is 24.9. The lowest BCUT2D eigenvalue weighted by atomic mass is 9.98. The van der Waals surface area contributed by atoms with Crippen molar-refractivity contribution < 1.29 is 23.1 Å².